The van der Waals surface area contributed by atoms with E-state index in [0.29, 0.717) is 5.92 Å². The molecule has 0 N–H and O–H groups in total. The van der Waals surface area contributed by atoms with Gasteiger partial charge in [0.05, 0.1) is 15.7 Å². The number of benzene rings is 2. The van der Waals surface area contributed by atoms with Gasteiger partial charge in [-0.15, -0.1) is 11.3 Å². The highest BCUT2D eigenvalue weighted by Crippen LogP contribution is 2.34. The normalized spacial score (nSPS) is 12.8. The van der Waals surface area contributed by atoms with Gasteiger partial charge in [0.2, 0.25) is 0 Å². The molecule has 0 spiro atoms. The van der Waals surface area contributed by atoms with E-state index in [1.165, 1.54) is 21.4 Å². The quantitative estimate of drug-likeness (QED) is 0.567. The molecule has 3 aromatic rings. The third-order valence-corrected chi connectivity index (χ3v) is 4.85. The molecule has 1 heterocycles. The van der Waals surface area contributed by atoms with Crippen LogP contribution in [0, 0.1) is 0 Å². The third-order valence-electron chi connectivity index (χ3n) is 3.80. The van der Waals surface area contributed by atoms with Crippen LogP contribution in [0.5, 0.6) is 0 Å². The number of rotatable bonds is 3. The monoisotopic (exact) mass is 301 g/mol. The summed E-state index contributed by atoms with van der Waals surface area (Å²) in [5.41, 5.74) is 6.72. The lowest BCUT2D eigenvalue weighted by Crippen LogP contribution is -1.95. The molecule has 1 atom stereocenters. The number of thiazole rings is 1. The standard InChI is InChI=1S/C17H16ClNS/c1-3-11(2)14-6-5-13(18)9-15(14)12-4-7-17-16(8-12)19-10-20-17/h4-11H,3H2,1-2H3. The molecule has 2 aromatic carbocycles. The van der Waals surface area contributed by atoms with Gasteiger partial charge >= 0.3 is 0 Å². The predicted molar refractivity (Wildman–Crippen MR) is 88.8 cm³/mol. The Morgan fingerprint density at radius 2 is 2.05 bits per heavy atom. The summed E-state index contributed by atoms with van der Waals surface area (Å²) in [7, 11) is 0. The molecule has 3 heteroatoms. The molecule has 1 nitrogen and oxygen atoms in total. The molecule has 0 radical (unpaired) electrons. The molecule has 0 fully saturated rings. The highest BCUT2D eigenvalue weighted by Gasteiger charge is 2.12. The third kappa shape index (κ3) is 2.46. The van der Waals surface area contributed by atoms with E-state index in [1.54, 1.807) is 11.3 Å². The molecule has 3 rings (SSSR count). The van der Waals surface area contributed by atoms with Crippen molar-refractivity contribution in [2.24, 2.45) is 0 Å². The van der Waals surface area contributed by atoms with E-state index in [4.69, 9.17) is 11.6 Å². The molecule has 0 aliphatic rings. The summed E-state index contributed by atoms with van der Waals surface area (Å²) in [6.07, 6.45) is 1.12. The topological polar surface area (TPSA) is 12.9 Å². The van der Waals surface area contributed by atoms with E-state index in [0.717, 1.165) is 17.0 Å². The Morgan fingerprint density at radius 1 is 1.20 bits per heavy atom. The van der Waals surface area contributed by atoms with E-state index in [2.05, 4.69) is 49.2 Å². The summed E-state index contributed by atoms with van der Waals surface area (Å²) in [4.78, 5) is 4.41. The van der Waals surface area contributed by atoms with Gasteiger partial charge < -0.3 is 0 Å². The molecule has 0 bridgehead atoms. The van der Waals surface area contributed by atoms with Crippen molar-refractivity contribution in [1.29, 1.82) is 0 Å². The van der Waals surface area contributed by atoms with Crippen molar-refractivity contribution in [2.45, 2.75) is 26.2 Å². The molecule has 0 aliphatic carbocycles. The number of fused-ring (bicyclic) bond motifs is 1. The Labute approximate surface area is 128 Å². The van der Waals surface area contributed by atoms with Crippen LogP contribution in [0.2, 0.25) is 5.02 Å². The Hall–Kier alpha value is -1.38. The predicted octanol–water partition coefficient (Wildman–Crippen LogP) is 6.13. The number of aromatic nitrogens is 1. The van der Waals surface area contributed by atoms with Gasteiger partial charge in [-0.25, -0.2) is 4.98 Å². The largest absolute Gasteiger partial charge is 0.245 e. The summed E-state index contributed by atoms with van der Waals surface area (Å²) in [6.45, 7) is 4.47. The van der Waals surface area contributed by atoms with Crippen LogP contribution in [0.3, 0.4) is 0 Å². The van der Waals surface area contributed by atoms with Gasteiger partial charge in [0.25, 0.3) is 0 Å². The second-order valence-electron chi connectivity index (χ2n) is 5.08. The van der Waals surface area contributed by atoms with Crippen LogP contribution in [-0.2, 0) is 0 Å². The van der Waals surface area contributed by atoms with Crippen LogP contribution >= 0.6 is 22.9 Å². The number of hydrogen-bond acceptors (Lipinski definition) is 2. The summed E-state index contributed by atoms with van der Waals surface area (Å²) in [6, 6.07) is 12.7. The lowest BCUT2D eigenvalue weighted by Gasteiger charge is -2.15. The second-order valence-corrected chi connectivity index (χ2v) is 6.40. The van der Waals surface area contributed by atoms with Crippen molar-refractivity contribution in [3.05, 3.63) is 52.5 Å². The zero-order valence-electron chi connectivity index (χ0n) is 11.6. The highest BCUT2D eigenvalue weighted by atomic mass is 35.5. The summed E-state index contributed by atoms with van der Waals surface area (Å²) in [5.74, 6) is 0.522. The van der Waals surface area contributed by atoms with Crippen molar-refractivity contribution >= 4 is 33.2 Å². The maximum atomic E-state index is 6.20. The second kappa shape index (κ2) is 5.55. The van der Waals surface area contributed by atoms with E-state index in [-0.39, 0.29) is 0 Å². The van der Waals surface area contributed by atoms with Crippen LogP contribution in [0.4, 0.5) is 0 Å². The fourth-order valence-corrected chi connectivity index (χ4v) is 3.28. The first-order valence-electron chi connectivity index (χ1n) is 6.82. The molecule has 1 unspecified atom stereocenters. The molecule has 0 aliphatic heterocycles. The van der Waals surface area contributed by atoms with Gasteiger partial charge in [0.15, 0.2) is 0 Å². The molecule has 0 saturated heterocycles. The average molecular weight is 302 g/mol. The van der Waals surface area contributed by atoms with Gasteiger partial charge in [-0.05, 0) is 53.3 Å². The molecular formula is C17H16ClNS. The number of halogens is 1. The smallest absolute Gasteiger partial charge is 0.0818 e. The minimum Gasteiger partial charge on any atom is -0.245 e. The van der Waals surface area contributed by atoms with Crippen molar-refractivity contribution in [1.82, 2.24) is 4.98 Å². The lowest BCUT2D eigenvalue weighted by atomic mass is 9.90. The van der Waals surface area contributed by atoms with Crippen LogP contribution < -0.4 is 0 Å². The van der Waals surface area contributed by atoms with Gasteiger partial charge in [-0.1, -0.05) is 37.6 Å². The van der Waals surface area contributed by atoms with E-state index in [1.807, 2.05) is 11.6 Å². The lowest BCUT2D eigenvalue weighted by molar-refractivity contribution is 0.735. The van der Waals surface area contributed by atoms with Crippen molar-refractivity contribution in [2.75, 3.05) is 0 Å². The van der Waals surface area contributed by atoms with Crippen molar-refractivity contribution in [3.63, 3.8) is 0 Å². The first kappa shape index (κ1) is 13.6. The first-order valence-corrected chi connectivity index (χ1v) is 8.08. The molecular weight excluding hydrogens is 286 g/mol. The average Bonchev–Trinajstić information content (AvgIpc) is 2.93. The van der Waals surface area contributed by atoms with Gasteiger partial charge in [-0.2, -0.15) is 0 Å². The number of hydrogen-bond donors (Lipinski definition) is 0. The fourth-order valence-electron chi connectivity index (χ4n) is 2.45. The van der Waals surface area contributed by atoms with Crippen LogP contribution in [-0.4, -0.2) is 4.98 Å². The molecule has 0 saturated carbocycles. The summed E-state index contributed by atoms with van der Waals surface area (Å²) >= 11 is 7.87. The van der Waals surface area contributed by atoms with Crippen LogP contribution in [0.15, 0.2) is 41.9 Å². The van der Waals surface area contributed by atoms with Crippen LogP contribution in [0.1, 0.15) is 31.7 Å². The summed E-state index contributed by atoms with van der Waals surface area (Å²) < 4.78 is 1.22. The van der Waals surface area contributed by atoms with Gasteiger partial charge in [0.1, 0.15) is 0 Å². The zero-order valence-corrected chi connectivity index (χ0v) is 13.1. The molecule has 1 aromatic heterocycles. The Kier molecular flexibility index (Phi) is 3.77. The Morgan fingerprint density at radius 3 is 2.85 bits per heavy atom. The van der Waals surface area contributed by atoms with Crippen molar-refractivity contribution in [3.8, 4) is 11.1 Å². The maximum absolute atomic E-state index is 6.20. The Bertz CT molecular complexity index is 748. The Balaban J connectivity index is 2.18. The first-order chi connectivity index (χ1) is 9.69. The highest BCUT2D eigenvalue weighted by molar-refractivity contribution is 7.16. The van der Waals surface area contributed by atoms with E-state index < -0.39 is 0 Å². The van der Waals surface area contributed by atoms with E-state index in [9.17, 15) is 0 Å². The molecule has 0 amide bonds. The fraction of sp³-hybridized carbons (Fsp3) is 0.235. The minimum absolute atomic E-state index is 0.522. The maximum Gasteiger partial charge on any atom is 0.0818 e. The van der Waals surface area contributed by atoms with Crippen LogP contribution in [0.25, 0.3) is 21.3 Å². The van der Waals surface area contributed by atoms with Gasteiger partial charge in [0, 0.05) is 5.02 Å². The molecule has 20 heavy (non-hydrogen) atoms. The minimum atomic E-state index is 0.522. The zero-order chi connectivity index (χ0) is 14.1. The van der Waals surface area contributed by atoms with Crippen molar-refractivity contribution < 1.29 is 0 Å². The summed E-state index contributed by atoms with van der Waals surface area (Å²) in [5, 5.41) is 0.783. The number of nitrogens with zero attached hydrogens (tertiary/aromatic N) is 1. The molecule has 102 valence electrons. The SMILES string of the molecule is CCC(C)c1ccc(Cl)cc1-c1ccc2scnc2c1. The van der Waals surface area contributed by atoms with Gasteiger partial charge in [-0.3, -0.25) is 0 Å². The van der Waals surface area contributed by atoms with E-state index >= 15 is 0 Å².